The van der Waals surface area contributed by atoms with E-state index in [0.717, 1.165) is 0 Å². The van der Waals surface area contributed by atoms with Crippen LogP contribution in [0.1, 0.15) is 45.2 Å². The molecule has 24 heavy (non-hydrogen) atoms. The number of methoxy groups -OCH3 is 1. The lowest BCUT2D eigenvalue weighted by atomic mass is 10.0. The van der Waals surface area contributed by atoms with Crippen molar-refractivity contribution in [3.05, 3.63) is 27.7 Å². The molecule has 1 aromatic carbocycles. The predicted octanol–water partition coefficient (Wildman–Crippen LogP) is 4.43. The summed E-state index contributed by atoms with van der Waals surface area (Å²) in [5.74, 6) is 0.557. The standard InChI is InChI=1S/C17H23Cl2NO4/c1-17(2,3)24-16(22)20-10(9-21)5-7-12(20)14-13(23-4)8-6-11(18)15(14)19/h6,8,10,12,21H,5,7,9H2,1-4H3. The first-order valence-electron chi connectivity index (χ1n) is 7.83. The van der Waals surface area contributed by atoms with Crippen molar-refractivity contribution >= 4 is 29.3 Å². The van der Waals surface area contributed by atoms with E-state index in [1.807, 2.05) is 0 Å². The topological polar surface area (TPSA) is 59.0 Å². The second-order valence-corrected chi connectivity index (χ2v) is 7.58. The summed E-state index contributed by atoms with van der Waals surface area (Å²) < 4.78 is 10.9. The Bertz CT molecular complexity index is 615. The Morgan fingerprint density at radius 1 is 1.33 bits per heavy atom. The molecule has 0 saturated carbocycles. The third-order valence-electron chi connectivity index (χ3n) is 3.96. The molecule has 1 N–H and O–H groups in total. The second-order valence-electron chi connectivity index (χ2n) is 6.79. The number of halogens is 2. The highest BCUT2D eigenvalue weighted by Gasteiger charge is 2.42. The minimum atomic E-state index is -0.632. The summed E-state index contributed by atoms with van der Waals surface area (Å²) in [6.45, 7) is 5.26. The number of amides is 1. The minimum Gasteiger partial charge on any atom is -0.496 e. The summed E-state index contributed by atoms with van der Waals surface area (Å²) in [5.41, 5.74) is 0.0142. The fourth-order valence-electron chi connectivity index (χ4n) is 2.97. The number of likely N-dealkylation sites (tertiary alicyclic amines) is 1. The molecule has 0 spiro atoms. The lowest BCUT2D eigenvalue weighted by molar-refractivity contribution is 0.00854. The van der Waals surface area contributed by atoms with E-state index in [0.29, 0.717) is 34.2 Å². The van der Waals surface area contributed by atoms with E-state index >= 15 is 0 Å². The third-order valence-corrected chi connectivity index (χ3v) is 4.78. The Balaban J connectivity index is 2.45. The van der Waals surface area contributed by atoms with E-state index in [4.69, 9.17) is 32.7 Å². The Hall–Kier alpha value is -1.17. The summed E-state index contributed by atoms with van der Waals surface area (Å²) in [7, 11) is 1.54. The van der Waals surface area contributed by atoms with Gasteiger partial charge in [-0.2, -0.15) is 0 Å². The molecule has 5 nitrogen and oxygen atoms in total. The molecule has 0 radical (unpaired) electrons. The first-order chi connectivity index (χ1) is 11.2. The molecule has 0 aliphatic carbocycles. The number of carbonyl (C=O) groups excluding carboxylic acids is 1. The van der Waals surface area contributed by atoms with Crippen molar-refractivity contribution in [1.29, 1.82) is 0 Å². The minimum absolute atomic E-state index is 0.143. The van der Waals surface area contributed by atoms with Crippen molar-refractivity contribution in [3.8, 4) is 5.75 Å². The van der Waals surface area contributed by atoms with Crippen molar-refractivity contribution in [2.75, 3.05) is 13.7 Å². The van der Waals surface area contributed by atoms with Gasteiger partial charge in [-0.3, -0.25) is 4.90 Å². The summed E-state index contributed by atoms with van der Waals surface area (Å²) in [6.07, 6.45) is 0.801. The van der Waals surface area contributed by atoms with Crippen molar-refractivity contribution in [1.82, 2.24) is 4.90 Å². The maximum absolute atomic E-state index is 12.7. The molecule has 1 fully saturated rings. The number of benzene rings is 1. The summed E-state index contributed by atoms with van der Waals surface area (Å²) in [5, 5.41) is 10.4. The molecule has 1 heterocycles. The maximum Gasteiger partial charge on any atom is 0.411 e. The quantitative estimate of drug-likeness (QED) is 0.848. The van der Waals surface area contributed by atoms with Gasteiger partial charge in [0, 0.05) is 5.56 Å². The number of ether oxygens (including phenoxy) is 2. The molecule has 2 rings (SSSR count). The lowest BCUT2D eigenvalue weighted by Gasteiger charge is -2.33. The van der Waals surface area contributed by atoms with Gasteiger partial charge in [0.2, 0.25) is 0 Å². The fourth-order valence-corrected chi connectivity index (χ4v) is 3.42. The molecule has 134 valence electrons. The van der Waals surface area contributed by atoms with Gasteiger partial charge in [0.1, 0.15) is 11.4 Å². The molecule has 0 bridgehead atoms. The van der Waals surface area contributed by atoms with Crippen molar-refractivity contribution < 1.29 is 19.4 Å². The average Bonchev–Trinajstić information content (AvgIpc) is 2.91. The average molecular weight is 376 g/mol. The number of hydrogen-bond acceptors (Lipinski definition) is 4. The van der Waals surface area contributed by atoms with E-state index in [9.17, 15) is 9.90 Å². The van der Waals surface area contributed by atoms with Crippen LogP contribution >= 0.6 is 23.2 Å². The van der Waals surface area contributed by atoms with E-state index in [1.165, 1.54) is 0 Å². The van der Waals surface area contributed by atoms with Crippen LogP contribution in [0.5, 0.6) is 5.75 Å². The highest BCUT2D eigenvalue weighted by molar-refractivity contribution is 6.42. The molecule has 2 unspecified atom stereocenters. The molecular formula is C17H23Cl2NO4. The van der Waals surface area contributed by atoms with Crippen LogP contribution in [-0.4, -0.2) is 41.5 Å². The zero-order valence-electron chi connectivity index (χ0n) is 14.3. The van der Waals surface area contributed by atoms with Gasteiger partial charge in [-0.1, -0.05) is 23.2 Å². The first-order valence-corrected chi connectivity index (χ1v) is 8.59. The number of aliphatic hydroxyl groups is 1. The smallest absolute Gasteiger partial charge is 0.411 e. The molecule has 1 aliphatic heterocycles. The lowest BCUT2D eigenvalue weighted by Crippen LogP contribution is -2.42. The van der Waals surface area contributed by atoms with Crippen LogP contribution in [0.25, 0.3) is 0 Å². The van der Waals surface area contributed by atoms with Crippen molar-refractivity contribution in [2.45, 2.75) is 51.3 Å². The monoisotopic (exact) mass is 375 g/mol. The SMILES string of the molecule is COc1ccc(Cl)c(Cl)c1C1CCC(CO)N1C(=O)OC(C)(C)C. The van der Waals surface area contributed by atoms with Gasteiger partial charge < -0.3 is 14.6 Å². The molecule has 1 amide bonds. The molecule has 1 aromatic rings. The molecular weight excluding hydrogens is 353 g/mol. The van der Waals surface area contributed by atoms with Crippen LogP contribution in [0.4, 0.5) is 4.79 Å². The molecule has 1 aliphatic rings. The Morgan fingerprint density at radius 3 is 2.54 bits per heavy atom. The summed E-state index contributed by atoms with van der Waals surface area (Å²) in [4.78, 5) is 14.2. The third kappa shape index (κ3) is 3.90. The zero-order chi connectivity index (χ0) is 18.1. The fraction of sp³-hybridized carbons (Fsp3) is 0.588. The van der Waals surface area contributed by atoms with E-state index < -0.39 is 11.7 Å². The molecule has 7 heteroatoms. The number of carbonyl (C=O) groups is 1. The second kappa shape index (κ2) is 7.38. The van der Waals surface area contributed by atoms with Crippen LogP contribution in [0.2, 0.25) is 10.0 Å². The normalized spacial score (nSPS) is 21.0. The van der Waals surface area contributed by atoms with Gasteiger partial charge in [0.05, 0.1) is 35.8 Å². The van der Waals surface area contributed by atoms with Gasteiger partial charge in [-0.15, -0.1) is 0 Å². The molecule has 2 atom stereocenters. The zero-order valence-corrected chi connectivity index (χ0v) is 15.8. The van der Waals surface area contributed by atoms with Gasteiger partial charge in [-0.05, 0) is 45.7 Å². The number of hydrogen-bond donors (Lipinski definition) is 1. The van der Waals surface area contributed by atoms with Crippen LogP contribution in [0.15, 0.2) is 12.1 Å². The van der Waals surface area contributed by atoms with Gasteiger partial charge in [-0.25, -0.2) is 4.79 Å². The highest BCUT2D eigenvalue weighted by atomic mass is 35.5. The van der Waals surface area contributed by atoms with Crippen LogP contribution < -0.4 is 4.74 Å². The first kappa shape index (κ1) is 19.2. The number of nitrogens with zero attached hydrogens (tertiary/aromatic N) is 1. The highest BCUT2D eigenvalue weighted by Crippen LogP contribution is 2.46. The Morgan fingerprint density at radius 2 is 2.00 bits per heavy atom. The number of rotatable bonds is 3. The largest absolute Gasteiger partial charge is 0.496 e. The Kier molecular flexibility index (Phi) is 5.89. The van der Waals surface area contributed by atoms with Crippen molar-refractivity contribution in [2.24, 2.45) is 0 Å². The molecule has 1 saturated heterocycles. The van der Waals surface area contributed by atoms with Gasteiger partial charge in [0.15, 0.2) is 0 Å². The Labute approximate surface area is 152 Å². The van der Waals surface area contributed by atoms with Gasteiger partial charge >= 0.3 is 6.09 Å². The molecule has 0 aromatic heterocycles. The predicted molar refractivity (Wildman–Crippen MR) is 93.9 cm³/mol. The van der Waals surface area contributed by atoms with E-state index in [1.54, 1.807) is 44.9 Å². The maximum atomic E-state index is 12.7. The summed E-state index contributed by atoms with van der Waals surface area (Å²) in [6, 6.07) is 2.69. The van der Waals surface area contributed by atoms with Crippen molar-refractivity contribution in [3.63, 3.8) is 0 Å². The summed E-state index contributed by atoms with van der Waals surface area (Å²) >= 11 is 12.6. The van der Waals surface area contributed by atoms with E-state index in [2.05, 4.69) is 0 Å². The van der Waals surface area contributed by atoms with E-state index in [-0.39, 0.29) is 18.7 Å². The van der Waals surface area contributed by atoms with Crippen LogP contribution in [0.3, 0.4) is 0 Å². The van der Waals surface area contributed by atoms with Crippen LogP contribution in [-0.2, 0) is 4.74 Å². The van der Waals surface area contributed by atoms with Crippen LogP contribution in [0, 0.1) is 0 Å². The number of aliphatic hydroxyl groups excluding tert-OH is 1. The van der Waals surface area contributed by atoms with Gasteiger partial charge in [0.25, 0.3) is 0 Å².